The van der Waals surface area contributed by atoms with Crippen LogP contribution in [0.1, 0.15) is 19.3 Å². The zero-order valence-corrected chi connectivity index (χ0v) is 23.9. The third-order valence-electron chi connectivity index (χ3n) is 8.46. The Hall–Kier alpha value is -5.29. The molecule has 5 aromatic carbocycles. The summed E-state index contributed by atoms with van der Waals surface area (Å²) in [5.41, 5.74) is 7.58. The van der Waals surface area contributed by atoms with E-state index >= 15 is 0 Å². The lowest BCUT2D eigenvalue weighted by molar-refractivity contribution is 0.578. The Morgan fingerprint density at radius 1 is 0.465 bits per heavy atom. The number of benzene rings is 5. The first-order valence-corrected chi connectivity index (χ1v) is 15.1. The van der Waals surface area contributed by atoms with E-state index in [9.17, 15) is 0 Å². The summed E-state index contributed by atoms with van der Waals surface area (Å²) >= 11 is 0. The quantitative estimate of drug-likeness (QED) is 0.212. The van der Waals surface area contributed by atoms with Crippen LogP contribution in [0.15, 0.2) is 127 Å². The molecule has 208 valence electrons. The maximum absolute atomic E-state index is 5.06. The average Bonchev–Trinajstić information content (AvgIpc) is 3.43. The fourth-order valence-corrected chi connectivity index (χ4v) is 6.36. The van der Waals surface area contributed by atoms with E-state index in [-0.39, 0.29) is 0 Å². The second-order valence-corrected chi connectivity index (χ2v) is 11.2. The maximum atomic E-state index is 5.06. The molecule has 0 radical (unpaired) electrons. The van der Waals surface area contributed by atoms with Crippen molar-refractivity contribution in [1.82, 2.24) is 19.5 Å². The van der Waals surface area contributed by atoms with Gasteiger partial charge in [-0.3, -0.25) is 0 Å². The highest BCUT2D eigenvalue weighted by atomic mass is 15.1. The molecule has 3 heterocycles. The van der Waals surface area contributed by atoms with Crippen LogP contribution in [0, 0.1) is 0 Å². The third kappa shape index (κ3) is 4.63. The van der Waals surface area contributed by atoms with Gasteiger partial charge in [0, 0.05) is 46.2 Å². The van der Waals surface area contributed by atoms with Crippen molar-refractivity contribution in [1.29, 1.82) is 0 Å². The molecule has 1 fully saturated rings. The number of rotatable bonds is 5. The molecule has 0 bridgehead atoms. The first-order valence-electron chi connectivity index (χ1n) is 15.1. The Labute approximate surface area is 251 Å². The van der Waals surface area contributed by atoms with E-state index in [0.717, 1.165) is 35.5 Å². The van der Waals surface area contributed by atoms with Crippen LogP contribution in [0.5, 0.6) is 0 Å². The van der Waals surface area contributed by atoms with E-state index in [0.29, 0.717) is 17.5 Å². The van der Waals surface area contributed by atoms with Crippen LogP contribution in [0.2, 0.25) is 0 Å². The average molecular weight is 558 g/mol. The van der Waals surface area contributed by atoms with E-state index in [4.69, 9.17) is 15.0 Å². The lowest BCUT2D eigenvalue weighted by Crippen LogP contribution is -2.29. The molecule has 0 saturated carbocycles. The first-order chi connectivity index (χ1) is 21.3. The van der Waals surface area contributed by atoms with Crippen molar-refractivity contribution in [3.05, 3.63) is 127 Å². The molecule has 8 rings (SSSR count). The van der Waals surface area contributed by atoms with E-state index in [1.54, 1.807) is 0 Å². The van der Waals surface area contributed by atoms with Crippen LogP contribution in [0.25, 0.3) is 61.7 Å². The third-order valence-corrected chi connectivity index (χ3v) is 8.46. The molecule has 2 aromatic heterocycles. The lowest BCUT2D eigenvalue weighted by atomic mass is 10.1. The van der Waals surface area contributed by atoms with Gasteiger partial charge in [0.2, 0.25) is 0 Å². The summed E-state index contributed by atoms with van der Waals surface area (Å²) in [4.78, 5) is 17.6. The normalized spacial score (nSPS) is 13.5. The number of piperidine rings is 1. The standard InChI is InChI=1S/C38H31N5/c1-4-14-27(15-5-1)36-39-37(28-16-6-2-7-17-28)41-38(40-36)31-19-9-11-21-34(31)43-33-20-10-8-18-30(33)32-26-29(22-23-35(32)43)42-24-12-3-13-25-42/h1-2,4-11,14-23,26H,3,12-13,24-25H2. The van der Waals surface area contributed by atoms with Crippen LogP contribution >= 0.6 is 0 Å². The highest BCUT2D eigenvalue weighted by Crippen LogP contribution is 2.38. The van der Waals surface area contributed by atoms with Gasteiger partial charge in [0.25, 0.3) is 0 Å². The van der Waals surface area contributed by atoms with Gasteiger partial charge in [-0.15, -0.1) is 0 Å². The molecular weight excluding hydrogens is 526 g/mol. The molecule has 1 saturated heterocycles. The van der Waals surface area contributed by atoms with Crippen LogP contribution in [0.4, 0.5) is 5.69 Å². The Bertz CT molecular complexity index is 2000. The summed E-state index contributed by atoms with van der Waals surface area (Å²) in [5, 5.41) is 2.51. The van der Waals surface area contributed by atoms with Crippen molar-refractivity contribution in [2.24, 2.45) is 0 Å². The number of hydrogen-bond acceptors (Lipinski definition) is 4. The van der Waals surface area contributed by atoms with Gasteiger partial charge in [-0.25, -0.2) is 15.0 Å². The highest BCUT2D eigenvalue weighted by molar-refractivity contribution is 6.10. The zero-order valence-electron chi connectivity index (χ0n) is 23.9. The number of anilines is 1. The van der Waals surface area contributed by atoms with E-state index in [2.05, 4.69) is 76.2 Å². The van der Waals surface area contributed by atoms with E-state index in [1.165, 1.54) is 46.8 Å². The van der Waals surface area contributed by atoms with Crippen molar-refractivity contribution in [2.75, 3.05) is 18.0 Å². The topological polar surface area (TPSA) is 46.8 Å². The summed E-state index contributed by atoms with van der Waals surface area (Å²) in [5.74, 6) is 1.97. The molecular formula is C38H31N5. The zero-order chi connectivity index (χ0) is 28.6. The van der Waals surface area contributed by atoms with Gasteiger partial charge in [-0.2, -0.15) is 0 Å². The van der Waals surface area contributed by atoms with Crippen LogP contribution in [-0.4, -0.2) is 32.6 Å². The second kappa shape index (κ2) is 10.8. The monoisotopic (exact) mass is 557 g/mol. The molecule has 43 heavy (non-hydrogen) atoms. The molecule has 5 nitrogen and oxygen atoms in total. The Kier molecular flexibility index (Phi) is 6.41. The summed E-state index contributed by atoms with van der Waals surface area (Å²) in [6.07, 6.45) is 3.84. The van der Waals surface area contributed by atoms with Crippen molar-refractivity contribution in [3.63, 3.8) is 0 Å². The van der Waals surface area contributed by atoms with Crippen molar-refractivity contribution >= 4 is 27.5 Å². The number of hydrogen-bond donors (Lipinski definition) is 0. The molecule has 5 heteroatoms. The molecule has 0 amide bonds. The molecule has 0 atom stereocenters. The maximum Gasteiger partial charge on any atom is 0.166 e. The smallest absolute Gasteiger partial charge is 0.166 e. The summed E-state index contributed by atoms with van der Waals surface area (Å²) in [7, 11) is 0. The molecule has 0 aliphatic carbocycles. The minimum atomic E-state index is 0.652. The van der Waals surface area contributed by atoms with Gasteiger partial charge in [0.15, 0.2) is 17.5 Å². The predicted molar refractivity (Wildman–Crippen MR) is 177 cm³/mol. The van der Waals surface area contributed by atoms with Gasteiger partial charge in [0.1, 0.15) is 0 Å². The number of fused-ring (bicyclic) bond motifs is 3. The van der Waals surface area contributed by atoms with Crippen molar-refractivity contribution < 1.29 is 0 Å². The number of nitrogens with zero attached hydrogens (tertiary/aromatic N) is 5. The molecule has 1 aliphatic rings. The molecule has 0 spiro atoms. The summed E-state index contributed by atoms with van der Waals surface area (Å²) in [6, 6.07) is 44.4. The van der Waals surface area contributed by atoms with Crippen LogP contribution in [0.3, 0.4) is 0 Å². The predicted octanol–water partition coefficient (Wildman–Crippen LogP) is 8.96. The minimum absolute atomic E-state index is 0.652. The summed E-state index contributed by atoms with van der Waals surface area (Å²) in [6.45, 7) is 2.25. The highest BCUT2D eigenvalue weighted by Gasteiger charge is 2.20. The van der Waals surface area contributed by atoms with Crippen molar-refractivity contribution in [2.45, 2.75) is 19.3 Å². The Morgan fingerprint density at radius 3 is 1.77 bits per heavy atom. The first kappa shape index (κ1) is 25.4. The van der Waals surface area contributed by atoms with Gasteiger partial charge in [0.05, 0.1) is 16.7 Å². The Balaban J connectivity index is 1.35. The largest absolute Gasteiger partial charge is 0.372 e. The van der Waals surface area contributed by atoms with Crippen LogP contribution in [-0.2, 0) is 0 Å². The van der Waals surface area contributed by atoms with E-state index in [1.807, 2.05) is 60.7 Å². The Morgan fingerprint density at radius 2 is 1.05 bits per heavy atom. The van der Waals surface area contributed by atoms with Gasteiger partial charge >= 0.3 is 0 Å². The lowest BCUT2D eigenvalue weighted by Gasteiger charge is -2.29. The summed E-state index contributed by atoms with van der Waals surface area (Å²) < 4.78 is 2.37. The van der Waals surface area contributed by atoms with Crippen molar-refractivity contribution in [3.8, 4) is 39.9 Å². The minimum Gasteiger partial charge on any atom is -0.372 e. The molecule has 0 unspecified atom stereocenters. The fraction of sp³-hybridized carbons (Fsp3) is 0.132. The van der Waals surface area contributed by atoms with Gasteiger partial charge in [-0.05, 0) is 55.7 Å². The molecule has 7 aromatic rings. The molecule has 0 N–H and O–H groups in total. The van der Waals surface area contributed by atoms with E-state index < -0.39 is 0 Å². The van der Waals surface area contributed by atoms with Crippen LogP contribution < -0.4 is 4.90 Å². The molecule has 1 aliphatic heterocycles. The van der Waals surface area contributed by atoms with Gasteiger partial charge < -0.3 is 9.47 Å². The number of aromatic nitrogens is 4. The van der Waals surface area contributed by atoms with Gasteiger partial charge in [-0.1, -0.05) is 91.0 Å². The second-order valence-electron chi connectivity index (χ2n) is 11.2. The SMILES string of the molecule is c1ccc(-c2nc(-c3ccccc3)nc(-c3ccccc3-n3c4ccccc4c4cc(N5CCCCC5)ccc43)n2)cc1. The fourth-order valence-electron chi connectivity index (χ4n) is 6.36. The number of para-hydroxylation sites is 2.